The number of ether oxygens (including phenoxy) is 1. The molecular formula is C13H16FN3O. The molecule has 1 unspecified atom stereocenters. The quantitative estimate of drug-likeness (QED) is 0.901. The predicted molar refractivity (Wildman–Crippen MR) is 66.8 cm³/mol. The summed E-state index contributed by atoms with van der Waals surface area (Å²) >= 11 is 0. The van der Waals surface area contributed by atoms with E-state index in [2.05, 4.69) is 5.10 Å². The molecule has 4 nitrogen and oxygen atoms in total. The third kappa shape index (κ3) is 2.51. The van der Waals surface area contributed by atoms with Gasteiger partial charge in [-0.1, -0.05) is 12.1 Å². The Kier molecular flexibility index (Phi) is 3.62. The van der Waals surface area contributed by atoms with Crippen LogP contribution in [-0.4, -0.2) is 16.3 Å². The molecule has 2 N–H and O–H groups in total. The summed E-state index contributed by atoms with van der Waals surface area (Å²) < 4.78 is 21.1. The Morgan fingerprint density at radius 2 is 2.28 bits per heavy atom. The van der Waals surface area contributed by atoms with E-state index in [9.17, 15) is 4.39 Å². The first kappa shape index (κ1) is 12.6. The minimum absolute atomic E-state index is 0.217. The summed E-state index contributed by atoms with van der Waals surface area (Å²) in [5.74, 6) is -0.130. The van der Waals surface area contributed by atoms with Gasteiger partial charge in [-0.15, -0.1) is 0 Å². The minimum atomic E-state index is -0.394. The number of aromatic nitrogens is 2. The van der Waals surface area contributed by atoms with Crippen molar-refractivity contribution < 1.29 is 9.13 Å². The molecule has 0 aliphatic heterocycles. The lowest BCUT2D eigenvalue weighted by molar-refractivity contribution is 0.204. The normalized spacial score (nSPS) is 12.4. The predicted octanol–water partition coefficient (Wildman–Crippen LogP) is 1.95. The molecule has 0 radical (unpaired) electrons. The van der Waals surface area contributed by atoms with Gasteiger partial charge in [0.05, 0.1) is 6.20 Å². The van der Waals surface area contributed by atoms with Gasteiger partial charge >= 0.3 is 0 Å². The van der Waals surface area contributed by atoms with Crippen LogP contribution in [0.15, 0.2) is 30.6 Å². The van der Waals surface area contributed by atoms with Crippen LogP contribution in [0.5, 0.6) is 5.75 Å². The molecule has 0 bridgehead atoms. The Balaban J connectivity index is 2.23. The average molecular weight is 249 g/mol. The molecule has 18 heavy (non-hydrogen) atoms. The zero-order valence-electron chi connectivity index (χ0n) is 10.4. The standard InChI is InChI=1S/C13H16FN3O/c1-9-4-3-5-11(13(9)14)18-12(6-15)10-7-16-17(2)8-10/h3-5,7-8,12H,6,15H2,1-2H3. The first-order chi connectivity index (χ1) is 8.61. The zero-order chi connectivity index (χ0) is 13.1. The monoisotopic (exact) mass is 249 g/mol. The molecule has 0 saturated heterocycles. The molecule has 5 heteroatoms. The lowest BCUT2D eigenvalue weighted by atomic mass is 10.2. The third-order valence-corrected chi connectivity index (χ3v) is 2.74. The molecule has 2 aromatic rings. The maximum Gasteiger partial charge on any atom is 0.167 e. The molecule has 2 rings (SSSR count). The highest BCUT2D eigenvalue weighted by molar-refractivity contribution is 5.31. The molecule has 1 heterocycles. The van der Waals surface area contributed by atoms with Crippen molar-refractivity contribution in [2.45, 2.75) is 13.0 Å². The van der Waals surface area contributed by atoms with Crippen LogP contribution in [0.25, 0.3) is 0 Å². The highest BCUT2D eigenvalue weighted by atomic mass is 19.1. The fraction of sp³-hybridized carbons (Fsp3) is 0.308. The largest absolute Gasteiger partial charge is 0.481 e. The van der Waals surface area contributed by atoms with Crippen molar-refractivity contribution in [1.29, 1.82) is 0 Å². The van der Waals surface area contributed by atoms with Gasteiger partial charge in [0, 0.05) is 25.4 Å². The van der Waals surface area contributed by atoms with Crippen LogP contribution >= 0.6 is 0 Å². The van der Waals surface area contributed by atoms with Gasteiger partial charge in [-0.2, -0.15) is 5.10 Å². The Hall–Kier alpha value is -1.88. The van der Waals surface area contributed by atoms with E-state index in [1.165, 1.54) is 0 Å². The summed E-state index contributed by atoms with van der Waals surface area (Å²) in [5.41, 5.74) is 7.05. The number of nitrogens with zero attached hydrogens (tertiary/aromatic N) is 2. The number of aryl methyl sites for hydroxylation is 2. The highest BCUT2D eigenvalue weighted by Crippen LogP contribution is 2.25. The fourth-order valence-electron chi connectivity index (χ4n) is 1.72. The van der Waals surface area contributed by atoms with Crippen LogP contribution in [0.3, 0.4) is 0 Å². The Labute approximate surface area is 105 Å². The molecule has 0 spiro atoms. The van der Waals surface area contributed by atoms with Gasteiger partial charge in [-0.05, 0) is 18.6 Å². The van der Waals surface area contributed by atoms with Gasteiger partial charge in [0.2, 0.25) is 0 Å². The van der Waals surface area contributed by atoms with Crippen LogP contribution in [0.2, 0.25) is 0 Å². The van der Waals surface area contributed by atoms with E-state index < -0.39 is 6.10 Å². The number of nitrogens with two attached hydrogens (primary N) is 1. The Morgan fingerprint density at radius 3 is 2.89 bits per heavy atom. The van der Waals surface area contributed by atoms with E-state index in [1.807, 2.05) is 13.2 Å². The Morgan fingerprint density at radius 1 is 1.50 bits per heavy atom. The van der Waals surface area contributed by atoms with Crippen LogP contribution in [0.4, 0.5) is 4.39 Å². The van der Waals surface area contributed by atoms with Crippen molar-refractivity contribution in [1.82, 2.24) is 9.78 Å². The number of halogens is 1. The molecule has 1 aromatic carbocycles. The average Bonchev–Trinajstić information content (AvgIpc) is 2.78. The van der Waals surface area contributed by atoms with Crippen LogP contribution in [-0.2, 0) is 7.05 Å². The Bertz CT molecular complexity index is 539. The summed E-state index contributed by atoms with van der Waals surface area (Å²) in [6.07, 6.45) is 3.09. The summed E-state index contributed by atoms with van der Waals surface area (Å²) in [6, 6.07) is 5.05. The summed E-state index contributed by atoms with van der Waals surface area (Å²) in [7, 11) is 1.81. The van der Waals surface area contributed by atoms with E-state index in [0.29, 0.717) is 5.56 Å². The van der Waals surface area contributed by atoms with Gasteiger partial charge in [0.15, 0.2) is 11.6 Å². The van der Waals surface area contributed by atoms with Crippen LogP contribution in [0, 0.1) is 12.7 Å². The molecule has 0 amide bonds. The molecule has 0 fully saturated rings. The van der Waals surface area contributed by atoms with Crippen molar-refractivity contribution in [2.24, 2.45) is 12.8 Å². The lowest BCUT2D eigenvalue weighted by Crippen LogP contribution is -2.18. The second-order valence-corrected chi connectivity index (χ2v) is 4.18. The molecule has 1 aromatic heterocycles. The summed E-state index contributed by atoms with van der Waals surface area (Å²) in [5, 5.41) is 4.05. The van der Waals surface area contributed by atoms with E-state index in [1.54, 1.807) is 36.0 Å². The topological polar surface area (TPSA) is 53.1 Å². The van der Waals surface area contributed by atoms with E-state index in [4.69, 9.17) is 10.5 Å². The highest BCUT2D eigenvalue weighted by Gasteiger charge is 2.16. The number of rotatable bonds is 4. The number of benzene rings is 1. The van der Waals surface area contributed by atoms with Gasteiger partial charge in [0.1, 0.15) is 6.10 Å². The lowest BCUT2D eigenvalue weighted by Gasteiger charge is -2.17. The van der Waals surface area contributed by atoms with Gasteiger partial charge in [-0.3, -0.25) is 4.68 Å². The van der Waals surface area contributed by atoms with Crippen molar-refractivity contribution in [3.05, 3.63) is 47.5 Å². The van der Waals surface area contributed by atoms with Gasteiger partial charge in [0.25, 0.3) is 0 Å². The molecule has 0 aliphatic rings. The molecule has 0 aliphatic carbocycles. The van der Waals surface area contributed by atoms with Crippen LogP contribution in [0.1, 0.15) is 17.2 Å². The third-order valence-electron chi connectivity index (χ3n) is 2.74. The molecule has 0 saturated carbocycles. The first-order valence-electron chi connectivity index (χ1n) is 5.72. The second-order valence-electron chi connectivity index (χ2n) is 4.18. The molecular weight excluding hydrogens is 233 g/mol. The van der Waals surface area contributed by atoms with E-state index in [-0.39, 0.29) is 18.1 Å². The number of hydrogen-bond donors (Lipinski definition) is 1. The van der Waals surface area contributed by atoms with Crippen molar-refractivity contribution in [3.8, 4) is 5.75 Å². The van der Waals surface area contributed by atoms with Crippen LogP contribution < -0.4 is 10.5 Å². The SMILES string of the molecule is Cc1cccc(OC(CN)c2cnn(C)c2)c1F. The maximum atomic E-state index is 13.8. The molecule has 96 valence electrons. The van der Waals surface area contributed by atoms with Crippen molar-refractivity contribution >= 4 is 0 Å². The summed E-state index contributed by atoms with van der Waals surface area (Å²) in [4.78, 5) is 0. The number of hydrogen-bond acceptors (Lipinski definition) is 3. The van der Waals surface area contributed by atoms with Gasteiger partial charge in [-0.25, -0.2) is 4.39 Å². The van der Waals surface area contributed by atoms with Gasteiger partial charge < -0.3 is 10.5 Å². The fourth-order valence-corrected chi connectivity index (χ4v) is 1.72. The maximum absolute atomic E-state index is 13.8. The summed E-state index contributed by atoms with van der Waals surface area (Å²) in [6.45, 7) is 1.96. The van der Waals surface area contributed by atoms with Crippen molar-refractivity contribution in [2.75, 3.05) is 6.54 Å². The molecule has 1 atom stereocenters. The van der Waals surface area contributed by atoms with E-state index >= 15 is 0 Å². The van der Waals surface area contributed by atoms with Crippen molar-refractivity contribution in [3.63, 3.8) is 0 Å². The second kappa shape index (κ2) is 5.18. The first-order valence-corrected chi connectivity index (χ1v) is 5.72. The van der Waals surface area contributed by atoms with E-state index in [0.717, 1.165) is 5.56 Å². The minimum Gasteiger partial charge on any atom is -0.481 e. The smallest absolute Gasteiger partial charge is 0.167 e. The zero-order valence-corrected chi connectivity index (χ0v) is 10.4.